The molecule has 0 bridgehead atoms. The summed E-state index contributed by atoms with van der Waals surface area (Å²) in [6.45, 7) is 3.71. The van der Waals surface area contributed by atoms with Gasteiger partial charge < -0.3 is 15.4 Å². The van der Waals surface area contributed by atoms with Crippen LogP contribution >= 0.6 is 0 Å². The molecule has 1 aromatic heterocycles. The third kappa shape index (κ3) is 3.18. The van der Waals surface area contributed by atoms with Gasteiger partial charge in [-0.15, -0.1) is 0 Å². The zero-order valence-electron chi connectivity index (χ0n) is 12.9. The Kier molecular flexibility index (Phi) is 4.01. The van der Waals surface area contributed by atoms with E-state index in [0.29, 0.717) is 11.4 Å². The molecule has 7 heteroatoms. The lowest BCUT2D eigenvalue weighted by atomic mass is 10.1. The van der Waals surface area contributed by atoms with Crippen molar-refractivity contribution in [3.63, 3.8) is 0 Å². The normalized spacial score (nSPS) is 15.8. The van der Waals surface area contributed by atoms with Crippen LogP contribution in [0.2, 0.25) is 0 Å². The number of hydrogen-bond donors (Lipinski definition) is 2. The van der Waals surface area contributed by atoms with Crippen LogP contribution in [0.15, 0.2) is 36.7 Å². The topological polar surface area (TPSA) is 85.3 Å². The summed E-state index contributed by atoms with van der Waals surface area (Å²) >= 11 is 0. The van der Waals surface area contributed by atoms with Gasteiger partial charge in [0.15, 0.2) is 6.61 Å². The lowest BCUT2D eigenvalue weighted by molar-refractivity contribution is -0.124. The average molecular weight is 314 g/mol. The molecule has 0 saturated carbocycles. The first-order valence-corrected chi connectivity index (χ1v) is 7.40. The summed E-state index contributed by atoms with van der Waals surface area (Å²) in [4.78, 5) is 23.7. The largest absolute Gasteiger partial charge is 0.482 e. The molecule has 23 heavy (non-hydrogen) atoms. The first kappa shape index (κ1) is 15.1. The average Bonchev–Trinajstić information content (AvgIpc) is 3.07. The molecule has 2 atom stereocenters. The highest BCUT2D eigenvalue weighted by Crippen LogP contribution is 2.30. The number of aromatic nitrogens is 2. The number of fused-ring (bicyclic) bond motifs is 1. The zero-order chi connectivity index (χ0) is 16.4. The minimum Gasteiger partial charge on any atom is -0.482 e. The number of rotatable bonds is 4. The van der Waals surface area contributed by atoms with E-state index in [1.54, 1.807) is 36.1 Å². The van der Waals surface area contributed by atoms with Gasteiger partial charge in [0, 0.05) is 12.4 Å². The molecule has 2 heterocycles. The number of nitrogens with zero attached hydrogens (tertiary/aromatic N) is 2. The van der Waals surface area contributed by atoms with Gasteiger partial charge in [0.05, 0.1) is 11.7 Å². The maximum Gasteiger partial charge on any atom is 0.262 e. The van der Waals surface area contributed by atoms with Crippen LogP contribution in [-0.4, -0.2) is 28.2 Å². The predicted molar refractivity (Wildman–Crippen MR) is 84.1 cm³/mol. The van der Waals surface area contributed by atoms with E-state index in [1.165, 1.54) is 0 Å². The van der Waals surface area contributed by atoms with Crippen molar-refractivity contribution in [2.24, 2.45) is 0 Å². The van der Waals surface area contributed by atoms with Crippen molar-refractivity contribution in [2.75, 3.05) is 11.9 Å². The van der Waals surface area contributed by atoms with Crippen molar-refractivity contribution in [3.8, 4) is 5.75 Å². The Morgan fingerprint density at radius 1 is 1.43 bits per heavy atom. The number of amides is 2. The third-order valence-electron chi connectivity index (χ3n) is 3.80. The van der Waals surface area contributed by atoms with E-state index in [9.17, 15) is 9.59 Å². The van der Waals surface area contributed by atoms with Crippen molar-refractivity contribution in [1.29, 1.82) is 0 Å². The summed E-state index contributed by atoms with van der Waals surface area (Å²) in [7, 11) is 0. The lowest BCUT2D eigenvalue weighted by Gasteiger charge is -2.22. The second kappa shape index (κ2) is 6.12. The van der Waals surface area contributed by atoms with Crippen molar-refractivity contribution < 1.29 is 14.3 Å². The molecule has 7 nitrogen and oxygen atoms in total. The summed E-state index contributed by atoms with van der Waals surface area (Å²) in [6, 6.07) is 6.66. The Labute approximate surface area is 133 Å². The van der Waals surface area contributed by atoms with Crippen LogP contribution in [0.1, 0.15) is 31.5 Å². The standard InChI is InChI=1S/C16H18N4O3/c1-10(18-16(22)11(2)20-7-3-6-17-20)12-4-5-14-13(8-12)19-15(21)9-23-14/h3-8,10-11H,9H2,1-2H3,(H,18,22)(H,19,21)/t10-,11+/m0/s1. The van der Waals surface area contributed by atoms with Crippen molar-refractivity contribution in [1.82, 2.24) is 15.1 Å². The van der Waals surface area contributed by atoms with E-state index in [1.807, 2.05) is 19.1 Å². The fourth-order valence-corrected chi connectivity index (χ4v) is 2.42. The second-order valence-corrected chi connectivity index (χ2v) is 5.48. The Morgan fingerprint density at radius 2 is 2.26 bits per heavy atom. The molecule has 2 N–H and O–H groups in total. The summed E-state index contributed by atoms with van der Waals surface area (Å²) in [6.07, 6.45) is 3.39. The number of nitrogens with one attached hydrogen (secondary N) is 2. The molecule has 1 aliphatic heterocycles. The van der Waals surface area contributed by atoms with E-state index in [4.69, 9.17) is 4.74 Å². The molecular weight excluding hydrogens is 296 g/mol. The molecule has 2 aromatic rings. The van der Waals surface area contributed by atoms with E-state index in [-0.39, 0.29) is 24.5 Å². The Hall–Kier alpha value is -2.83. The van der Waals surface area contributed by atoms with Crippen molar-refractivity contribution in [2.45, 2.75) is 25.9 Å². The molecular formula is C16H18N4O3. The molecule has 0 spiro atoms. The van der Waals surface area contributed by atoms with Crippen LogP contribution in [0.25, 0.3) is 0 Å². The number of carbonyl (C=O) groups is 2. The maximum atomic E-state index is 12.3. The highest BCUT2D eigenvalue weighted by molar-refractivity contribution is 5.95. The summed E-state index contributed by atoms with van der Waals surface area (Å²) in [5, 5.41) is 9.79. The minimum atomic E-state index is -0.395. The van der Waals surface area contributed by atoms with Crippen LogP contribution in [0, 0.1) is 0 Å². The first-order valence-electron chi connectivity index (χ1n) is 7.40. The highest BCUT2D eigenvalue weighted by atomic mass is 16.5. The zero-order valence-corrected chi connectivity index (χ0v) is 12.9. The van der Waals surface area contributed by atoms with E-state index >= 15 is 0 Å². The smallest absolute Gasteiger partial charge is 0.262 e. The Bertz CT molecular complexity index is 727. The molecule has 0 radical (unpaired) electrons. The molecule has 0 fully saturated rings. The van der Waals surface area contributed by atoms with Crippen LogP contribution in [0.5, 0.6) is 5.75 Å². The molecule has 0 saturated heterocycles. The van der Waals surface area contributed by atoms with Gasteiger partial charge in [0.2, 0.25) is 5.91 Å². The van der Waals surface area contributed by atoms with Crippen LogP contribution in [0.3, 0.4) is 0 Å². The van der Waals surface area contributed by atoms with Crippen LogP contribution < -0.4 is 15.4 Å². The second-order valence-electron chi connectivity index (χ2n) is 5.48. The molecule has 0 unspecified atom stereocenters. The van der Waals surface area contributed by atoms with Gasteiger partial charge in [-0.25, -0.2) is 0 Å². The van der Waals surface area contributed by atoms with Crippen molar-refractivity contribution in [3.05, 3.63) is 42.2 Å². The third-order valence-corrected chi connectivity index (χ3v) is 3.80. The molecule has 2 amide bonds. The van der Waals surface area contributed by atoms with Gasteiger partial charge in [0.1, 0.15) is 11.8 Å². The molecule has 0 aliphatic carbocycles. The molecule has 3 rings (SSSR count). The van der Waals surface area contributed by atoms with Gasteiger partial charge in [-0.05, 0) is 37.6 Å². The van der Waals surface area contributed by atoms with Gasteiger partial charge in [-0.2, -0.15) is 5.10 Å². The SMILES string of the molecule is C[C@H](NC(=O)[C@@H](C)n1cccn1)c1ccc2c(c1)NC(=O)CO2. The van der Waals surface area contributed by atoms with Gasteiger partial charge in [-0.1, -0.05) is 6.07 Å². The number of hydrogen-bond acceptors (Lipinski definition) is 4. The summed E-state index contributed by atoms with van der Waals surface area (Å²) < 4.78 is 6.93. The maximum absolute atomic E-state index is 12.3. The lowest BCUT2D eigenvalue weighted by Crippen LogP contribution is -2.33. The van der Waals surface area contributed by atoms with Gasteiger partial charge in [0.25, 0.3) is 5.91 Å². The minimum absolute atomic E-state index is 0.0278. The first-order chi connectivity index (χ1) is 11.0. The monoisotopic (exact) mass is 314 g/mol. The summed E-state index contributed by atoms with van der Waals surface area (Å²) in [5.74, 6) is 0.328. The number of carbonyl (C=O) groups excluding carboxylic acids is 2. The fraction of sp³-hybridized carbons (Fsp3) is 0.312. The van der Waals surface area contributed by atoms with E-state index < -0.39 is 6.04 Å². The highest BCUT2D eigenvalue weighted by Gasteiger charge is 2.20. The number of anilines is 1. The van der Waals surface area contributed by atoms with E-state index in [0.717, 1.165) is 5.56 Å². The van der Waals surface area contributed by atoms with E-state index in [2.05, 4.69) is 15.7 Å². The quantitative estimate of drug-likeness (QED) is 0.898. The number of ether oxygens (including phenoxy) is 1. The summed E-state index contributed by atoms with van der Waals surface area (Å²) in [5.41, 5.74) is 1.51. The molecule has 1 aromatic carbocycles. The van der Waals surface area contributed by atoms with Gasteiger partial charge in [-0.3, -0.25) is 14.3 Å². The predicted octanol–water partition coefficient (Wildman–Crippen LogP) is 1.65. The van der Waals surface area contributed by atoms with Gasteiger partial charge >= 0.3 is 0 Å². The fourth-order valence-electron chi connectivity index (χ4n) is 2.42. The molecule has 120 valence electrons. The van der Waals surface area contributed by atoms with Crippen molar-refractivity contribution >= 4 is 17.5 Å². The Morgan fingerprint density at radius 3 is 3.00 bits per heavy atom. The van der Waals surface area contributed by atoms with Crippen LogP contribution in [-0.2, 0) is 9.59 Å². The Balaban J connectivity index is 1.71. The van der Waals surface area contributed by atoms with Crippen LogP contribution in [0.4, 0.5) is 5.69 Å². The number of benzene rings is 1. The molecule has 1 aliphatic rings.